The van der Waals surface area contributed by atoms with Gasteiger partial charge in [-0.25, -0.2) is 9.37 Å². The maximum atomic E-state index is 12.5. The lowest BCUT2D eigenvalue weighted by Gasteiger charge is -2.04. The lowest BCUT2D eigenvalue weighted by Crippen LogP contribution is -2.09. The molecule has 2 nitrogen and oxygen atoms in total. The monoisotopic (exact) mass is 190 g/mol. The first-order valence-electron chi connectivity index (χ1n) is 3.08. The summed E-state index contributed by atoms with van der Waals surface area (Å²) in [7, 11) is 0. The lowest BCUT2D eigenvalue weighted by molar-refractivity contribution is -0.141. The molecule has 13 heavy (non-hydrogen) atoms. The summed E-state index contributed by atoms with van der Waals surface area (Å²) in [6, 6.07) is 2.20. The van der Waals surface area contributed by atoms with E-state index in [0.29, 0.717) is 6.07 Å². The Morgan fingerprint density at radius 3 is 2.38 bits per heavy atom. The van der Waals surface area contributed by atoms with E-state index in [2.05, 4.69) is 4.98 Å². The van der Waals surface area contributed by atoms with Gasteiger partial charge in [0.2, 0.25) is 0 Å². The van der Waals surface area contributed by atoms with Gasteiger partial charge in [0, 0.05) is 12.1 Å². The van der Waals surface area contributed by atoms with Gasteiger partial charge in [-0.05, 0) is 0 Å². The van der Waals surface area contributed by atoms with Crippen LogP contribution in [0.4, 0.5) is 17.6 Å². The molecule has 0 aliphatic heterocycles. The van der Waals surface area contributed by atoms with Gasteiger partial charge < -0.3 is 0 Å². The highest BCUT2D eigenvalue weighted by Crippen LogP contribution is 2.27. The number of hydrogen-bond acceptors (Lipinski definition) is 2. The summed E-state index contributed by atoms with van der Waals surface area (Å²) in [4.78, 5) is 2.90. The van der Waals surface area contributed by atoms with E-state index in [1.165, 1.54) is 6.07 Å². The van der Waals surface area contributed by atoms with Crippen LogP contribution in [0.5, 0.6) is 0 Å². The van der Waals surface area contributed by atoms with Gasteiger partial charge >= 0.3 is 6.18 Å². The van der Waals surface area contributed by atoms with E-state index in [1.54, 1.807) is 0 Å². The second-order valence-electron chi connectivity index (χ2n) is 2.17. The van der Waals surface area contributed by atoms with Crippen LogP contribution >= 0.6 is 0 Å². The summed E-state index contributed by atoms with van der Waals surface area (Å²) in [5.74, 6) is -1.13. The summed E-state index contributed by atoms with van der Waals surface area (Å²) in [6.45, 7) is 0. The van der Waals surface area contributed by atoms with Gasteiger partial charge in [0.25, 0.3) is 0 Å². The second-order valence-corrected chi connectivity index (χ2v) is 2.17. The van der Waals surface area contributed by atoms with Crippen molar-refractivity contribution >= 4 is 0 Å². The number of hydrogen-bond donors (Lipinski definition) is 0. The van der Waals surface area contributed by atoms with E-state index in [9.17, 15) is 17.6 Å². The molecule has 0 bridgehead atoms. The third kappa shape index (κ3) is 2.15. The Bertz CT molecular complexity index is 364. The lowest BCUT2D eigenvalue weighted by atomic mass is 10.3. The van der Waals surface area contributed by atoms with Crippen LogP contribution in [0.3, 0.4) is 0 Å². The van der Waals surface area contributed by atoms with Crippen molar-refractivity contribution in [1.82, 2.24) is 4.98 Å². The topological polar surface area (TPSA) is 36.7 Å². The number of alkyl halides is 3. The molecule has 0 N–H and O–H groups in total. The first-order chi connectivity index (χ1) is 5.93. The molecule has 68 valence electrons. The van der Waals surface area contributed by atoms with Crippen molar-refractivity contribution in [2.24, 2.45) is 0 Å². The van der Waals surface area contributed by atoms with Crippen molar-refractivity contribution in [3.8, 4) is 6.07 Å². The maximum absolute atomic E-state index is 12.5. The number of nitriles is 1. The number of rotatable bonds is 0. The Hall–Kier alpha value is -1.64. The Morgan fingerprint density at radius 2 is 1.92 bits per heavy atom. The zero-order valence-corrected chi connectivity index (χ0v) is 6.06. The van der Waals surface area contributed by atoms with Crippen LogP contribution in [0.1, 0.15) is 11.4 Å². The minimum Gasteiger partial charge on any atom is -0.232 e. The molecule has 0 saturated carbocycles. The molecule has 0 spiro atoms. The van der Waals surface area contributed by atoms with Crippen LogP contribution in [0.15, 0.2) is 12.1 Å². The van der Waals surface area contributed by atoms with Crippen molar-refractivity contribution in [1.29, 1.82) is 5.26 Å². The first-order valence-corrected chi connectivity index (χ1v) is 3.08. The number of halogens is 4. The predicted molar refractivity (Wildman–Crippen MR) is 33.9 cm³/mol. The van der Waals surface area contributed by atoms with Gasteiger partial charge in [-0.1, -0.05) is 0 Å². The third-order valence-electron chi connectivity index (χ3n) is 1.20. The quantitative estimate of drug-likeness (QED) is 0.587. The van der Waals surface area contributed by atoms with E-state index < -0.39 is 23.4 Å². The Balaban J connectivity index is 3.26. The van der Waals surface area contributed by atoms with Crippen LogP contribution in [0, 0.1) is 17.1 Å². The molecule has 1 heterocycles. The van der Waals surface area contributed by atoms with Crippen molar-refractivity contribution in [3.63, 3.8) is 0 Å². The highest BCUT2D eigenvalue weighted by atomic mass is 19.4. The molecular formula is C7H2F4N2. The predicted octanol–water partition coefficient (Wildman–Crippen LogP) is 2.11. The smallest absolute Gasteiger partial charge is 0.232 e. The van der Waals surface area contributed by atoms with Crippen LogP contribution in [0.25, 0.3) is 0 Å². The fourth-order valence-corrected chi connectivity index (χ4v) is 0.700. The number of pyridine rings is 1. The van der Waals surface area contributed by atoms with Crippen molar-refractivity contribution < 1.29 is 17.6 Å². The summed E-state index contributed by atoms with van der Waals surface area (Å²) in [6.07, 6.45) is -4.73. The average molecular weight is 190 g/mol. The average Bonchev–Trinajstić information content (AvgIpc) is 2.01. The van der Waals surface area contributed by atoms with Gasteiger partial charge in [0.15, 0.2) is 0 Å². The zero-order chi connectivity index (χ0) is 10.1. The van der Waals surface area contributed by atoms with Crippen LogP contribution in [-0.2, 0) is 6.18 Å². The van der Waals surface area contributed by atoms with Crippen LogP contribution in [0.2, 0.25) is 0 Å². The van der Waals surface area contributed by atoms with Gasteiger partial charge in [0.05, 0.1) is 0 Å². The second kappa shape index (κ2) is 3.01. The van der Waals surface area contributed by atoms with E-state index in [4.69, 9.17) is 5.26 Å². The highest BCUT2D eigenvalue weighted by molar-refractivity contribution is 5.24. The SMILES string of the molecule is N#Cc1cc(F)cc(C(F)(F)F)n1. The Morgan fingerprint density at radius 1 is 1.31 bits per heavy atom. The molecule has 1 aromatic rings. The van der Waals surface area contributed by atoms with Crippen LogP contribution < -0.4 is 0 Å². The first kappa shape index (κ1) is 9.45. The largest absolute Gasteiger partial charge is 0.433 e. The van der Waals surface area contributed by atoms with E-state index in [1.807, 2.05) is 0 Å². The standard InChI is InChI=1S/C7H2F4N2/c8-4-1-5(3-12)13-6(2-4)7(9,10)11/h1-2H. The highest BCUT2D eigenvalue weighted by Gasteiger charge is 2.33. The number of nitrogens with zero attached hydrogens (tertiary/aromatic N) is 2. The molecule has 1 aromatic heterocycles. The van der Waals surface area contributed by atoms with Gasteiger partial charge in [-0.15, -0.1) is 0 Å². The minimum absolute atomic E-state index is 0.237. The molecule has 0 atom stereocenters. The molecule has 0 radical (unpaired) electrons. The van der Waals surface area contributed by atoms with Crippen LogP contribution in [-0.4, -0.2) is 4.98 Å². The van der Waals surface area contributed by atoms with Gasteiger partial charge in [0.1, 0.15) is 23.3 Å². The molecule has 0 aliphatic rings. The fraction of sp³-hybridized carbons (Fsp3) is 0.143. The van der Waals surface area contributed by atoms with Gasteiger partial charge in [-0.2, -0.15) is 18.4 Å². The molecule has 0 amide bonds. The summed E-state index contributed by atoms with van der Waals surface area (Å²) in [5, 5.41) is 8.21. The summed E-state index contributed by atoms with van der Waals surface area (Å²) >= 11 is 0. The summed E-state index contributed by atoms with van der Waals surface area (Å²) < 4.78 is 48.3. The zero-order valence-electron chi connectivity index (χ0n) is 6.06. The third-order valence-corrected chi connectivity index (χ3v) is 1.20. The van der Waals surface area contributed by atoms with Crippen molar-refractivity contribution in [2.45, 2.75) is 6.18 Å². The molecule has 6 heteroatoms. The molecule has 0 saturated heterocycles. The van der Waals surface area contributed by atoms with E-state index >= 15 is 0 Å². The van der Waals surface area contributed by atoms with Gasteiger partial charge in [-0.3, -0.25) is 0 Å². The van der Waals surface area contributed by atoms with Crippen molar-refractivity contribution in [2.75, 3.05) is 0 Å². The Kier molecular flexibility index (Phi) is 2.19. The minimum atomic E-state index is -4.73. The van der Waals surface area contributed by atoms with E-state index in [0.717, 1.165) is 0 Å². The maximum Gasteiger partial charge on any atom is 0.433 e. The van der Waals surface area contributed by atoms with Crippen molar-refractivity contribution in [3.05, 3.63) is 29.3 Å². The molecule has 0 unspecified atom stereocenters. The summed E-state index contributed by atoms with van der Waals surface area (Å²) in [5.41, 5.74) is -1.99. The molecule has 0 aliphatic carbocycles. The molecule has 0 aromatic carbocycles. The van der Waals surface area contributed by atoms with E-state index in [-0.39, 0.29) is 6.07 Å². The molecule has 0 fully saturated rings. The molecular weight excluding hydrogens is 188 g/mol. The Labute approximate surface area is 70.4 Å². The normalized spacial score (nSPS) is 11.0. The fourth-order valence-electron chi connectivity index (χ4n) is 0.700. The number of aromatic nitrogens is 1. The molecule has 1 rings (SSSR count).